The molecule has 6 nitrogen and oxygen atoms in total. The van der Waals surface area contributed by atoms with Gasteiger partial charge in [-0.15, -0.1) is 0 Å². The van der Waals surface area contributed by atoms with Crippen molar-refractivity contribution in [3.63, 3.8) is 0 Å². The van der Waals surface area contributed by atoms with E-state index in [1.54, 1.807) is 14.2 Å². The summed E-state index contributed by atoms with van der Waals surface area (Å²) in [4.78, 5) is 11.8. The van der Waals surface area contributed by atoms with Crippen LogP contribution in [0.5, 0.6) is 5.75 Å². The van der Waals surface area contributed by atoms with E-state index in [9.17, 15) is 13.2 Å². The number of nitrogens with one attached hydrogen (secondary N) is 1. The van der Waals surface area contributed by atoms with Gasteiger partial charge in [0.25, 0.3) is 5.91 Å². The minimum atomic E-state index is -3.54. The van der Waals surface area contributed by atoms with E-state index in [0.29, 0.717) is 24.6 Å². The molecule has 27 heavy (non-hydrogen) atoms. The highest BCUT2D eigenvalue weighted by Crippen LogP contribution is 2.27. The largest absolute Gasteiger partial charge is 0.497 e. The van der Waals surface area contributed by atoms with Crippen LogP contribution in [0.4, 0.5) is 0 Å². The molecule has 1 N–H and O–H groups in total. The predicted octanol–water partition coefficient (Wildman–Crippen LogP) is 2.31. The second-order valence-corrected chi connectivity index (χ2v) is 8.61. The van der Waals surface area contributed by atoms with E-state index < -0.39 is 10.0 Å². The number of carbonyl (C=O) groups excluding carboxylic acids is 1. The fraction of sp³-hybridized carbons (Fsp3) is 0.350. The summed E-state index contributed by atoms with van der Waals surface area (Å²) < 4.78 is 32.5. The number of ether oxygens (including phenoxy) is 1. The SMILES string of the molecule is CNC(=O)c1ccc(S(=O)(=O)N2CCC(Cc3ccc(OC)cc3)C2)cc1. The number of hydrogen-bond acceptors (Lipinski definition) is 4. The summed E-state index contributed by atoms with van der Waals surface area (Å²) in [6.07, 6.45) is 1.67. The normalized spacial score (nSPS) is 17.6. The molecule has 7 heteroatoms. The maximum Gasteiger partial charge on any atom is 0.251 e. The first kappa shape index (κ1) is 19.4. The second-order valence-electron chi connectivity index (χ2n) is 6.67. The number of sulfonamides is 1. The molecular formula is C20H24N2O4S. The first-order valence-corrected chi connectivity index (χ1v) is 10.3. The zero-order valence-electron chi connectivity index (χ0n) is 15.5. The maximum absolute atomic E-state index is 12.9. The van der Waals surface area contributed by atoms with E-state index in [1.807, 2.05) is 24.3 Å². The van der Waals surface area contributed by atoms with Gasteiger partial charge in [0.1, 0.15) is 5.75 Å². The summed E-state index contributed by atoms with van der Waals surface area (Å²) in [6, 6.07) is 14.0. The fourth-order valence-corrected chi connectivity index (χ4v) is 4.88. The summed E-state index contributed by atoms with van der Waals surface area (Å²) in [5.74, 6) is 0.868. The van der Waals surface area contributed by atoms with Crippen LogP contribution < -0.4 is 10.1 Å². The Hall–Kier alpha value is -2.38. The molecule has 0 aromatic heterocycles. The van der Waals surface area contributed by atoms with Crippen molar-refractivity contribution < 1.29 is 17.9 Å². The highest BCUT2D eigenvalue weighted by molar-refractivity contribution is 7.89. The third kappa shape index (κ3) is 4.31. The number of amides is 1. The van der Waals surface area contributed by atoms with E-state index in [1.165, 1.54) is 34.1 Å². The Morgan fingerprint density at radius 1 is 1.15 bits per heavy atom. The number of carbonyl (C=O) groups is 1. The predicted molar refractivity (Wildman–Crippen MR) is 103 cm³/mol. The van der Waals surface area contributed by atoms with Gasteiger partial charge in [0.05, 0.1) is 12.0 Å². The molecule has 144 valence electrons. The van der Waals surface area contributed by atoms with Crippen molar-refractivity contribution in [2.75, 3.05) is 27.2 Å². The van der Waals surface area contributed by atoms with Crippen molar-refractivity contribution >= 4 is 15.9 Å². The minimum absolute atomic E-state index is 0.222. The van der Waals surface area contributed by atoms with Crippen molar-refractivity contribution in [1.82, 2.24) is 9.62 Å². The zero-order valence-corrected chi connectivity index (χ0v) is 16.3. The molecule has 0 radical (unpaired) electrons. The van der Waals surface area contributed by atoms with Gasteiger partial charge in [-0.05, 0) is 60.7 Å². The van der Waals surface area contributed by atoms with Crippen LogP contribution in [-0.2, 0) is 16.4 Å². The lowest BCUT2D eigenvalue weighted by atomic mass is 9.99. The summed E-state index contributed by atoms with van der Waals surface area (Å²) in [6.45, 7) is 1.02. The van der Waals surface area contributed by atoms with Crippen LogP contribution in [0, 0.1) is 5.92 Å². The molecule has 1 atom stereocenters. The lowest BCUT2D eigenvalue weighted by Crippen LogP contribution is -2.29. The Kier molecular flexibility index (Phi) is 5.82. The van der Waals surface area contributed by atoms with Crippen molar-refractivity contribution in [2.45, 2.75) is 17.7 Å². The van der Waals surface area contributed by atoms with Crippen LogP contribution in [-0.4, -0.2) is 45.9 Å². The maximum atomic E-state index is 12.9. The first-order valence-electron chi connectivity index (χ1n) is 8.89. The van der Waals surface area contributed by atoms with Gasteiger partial charge in [0, 0.05) is 25.7 Å². The molecular weight excluding hydrogens is 364 g/mol. The van der Waals surface area contributed by atoms with E-state index in [0.717, 1.165) is 18.6 Å². The van der Waals surface area contributed by atoms with Crippen LogP contribution >= 0.6 is 0 Å². The molecule has 2 aromatic carbocycles. The van der Waals surface area contributed by atoms with E-state index in [2.05, 4.69) is 5.32 Å². The molecule has 1 amide bonds. The van der Waals surface area contributed by atoms with Crippen LogP contribution in [0.15, 0.2) is 53.4 Å². The molecule has 3 rings (SSSR count). The molecule has 1 heterocycles. The van der Waals surface area contributed by atoms with Gasteiger partial charge in [-0.3, -0.25) is 4.79 Å². The number of nitrogens with zero attached hydrogens (tertiary/aromatic N) is 1. The number of hydrogen-bond donors (Lipinski definition) is 1. The Morgan fingerprint density at radius 3 is 2.41 bits per heavy atom. The van der Waals surface area contributed by atoms with Gasteiger partial charge in [-0.25, -0.2) is 8.42 Å². The average molecular weight is 388 g/mol. The van der Waals surface area contributed by atoms with Gasteiger partial charge < -0.3 is 10.1 Å². The summed E-state index contributed by atoms with van der Waals surface area (Å²) >= 11 is 0. The van der Waals surface area contributed by atoms with Crippen molar-refractivity contribution in [2.24, 2.45) is 5.92 Å². The third-order valence-electron chi connectivity index (χ3n) is 4.91. The lowest BCUT2D eigenvalue weighted by molar-refractivity contribution is 0.0963. The molecule has 0 spiro atoms. The van der Waals surface area contributed by atoms with Crippen molar-refractivity contribution in [1.29, 1.82) is 0 Å². The molecule has 1 saturated heterocycles. The number of benzene rings is 2. The minimum Gasteiger partial charge on any atom is -0.497 e. The first-order chi connectivity index (χ1) is 12.9. The van der Waals surface area contributed by atoms with Crippen molar-refractivity contribution in [3.05, 3.63) is 59.7 Å². The molecule has 1 aliphatic heterocycles. The van der Waals surface area contributed by atoms with Gasteiger partial charge in [-0.2, -0.15) is 4.31 Å². The molecule has 0 saturated carbocycles. The molecule has 0 bridgehead atoms. The van der Waals surface area contributed by atoms with Crippen LogP contribution in [0.3, 0.4) is 0 Å². The molecule has 1 fully saturated rings. The summed E-state index contributed by atoms with van der Waals surface area (Å²) in [5.41, 5.74) is 1.62. The standard InChI is InChI=1S/C20H24N2O4S/c1-21-20(23)17-5-9-19(10-6-17)27(24,25)22-12-11-16(14-22)13-15-3-7-18(26-2)8-4-15/h3-10,16H,11-14H2,1-2H3,(H,21,23). The Bertz CT molecular complexity index is 893. The topological polar surface area (TPSA) is 75.7 Å². The average Bonchev–Trinajstić information content (AvgIpc) is 3.17. The van der Waals surface area contributed by atoms with Gasteiger partial charge in [-0.1, -0.05) is 12.1 Å². The van der Waals surface area contributed by atoms with Crippen LogP contribution in [0.25, 0.3) is 0 Å². The monoisotopic (exact) mass is 388 g/mol. The molecule has 2 aromatic rings. The van der Waals surface area contributed by atoms with Gasteiger partial charge in [0.2, 0.25) is 10.0 Å². The molecule has 1 aliphatic rings. The quantitative estimate of drug-likeness (QED) is 0.824. The van der Waals surface area contributed by atoms with Crippen molar-refractivity contribution in [3.8, 4) is 5.75 Å². The van der Waals surface area contributed by atoms with E-state index in [4.69, 9.17) is 4.74 Å². The molecule has 1 unspecified atom stereocenters. The third-order valence-corrected chi connectivity index (χ3v) is 6.79. The summed E-state index contributed by atoms with van der Waals surface area (Å²) in [7, 11) is -0.365. The highest BCUT2D eigenvalue weighted by Gasteiger charge is 2.32. The summed E-state index contributed by atoms with van der Waals surface area (Å²) in [5, 5.41) is 2.52. The second kappa shape index (κ2) is 8.10. The smallest absolute Gasteiger partial charge is 0.251 e. The Balaban J connectivity index is 1.66. The van der Waals surface area contributed by atoms with Gasteiger partial charge >= 0.3 is 0 Å². The Morgan fingerprint density at radius 2 is 1.81 bits per heavy atom. The highest BCUT2D eigenvalue weighted by atomic mass is 32.2. The van der Waals surface area contributed by atoms with Crippen LogP contribution in [0.1, 0.15) is 22.3 Å². The lowest BCUT2D eigenvalue weighted by Gasteiger charge is -2.17. The van der Waals surface area contributed by atoms with E-state index in [-0.39, 0.29) is 10.8 Å². The van der Waals surface area contributed by atoms with E-state index >= 15 is 0 Å². The fourth-order valence-electron chi connectivity index (χ4n) is 3.35. The van der Waals surface area contributed by atoms with Gasteiger partial charge in [0.15, 0.2) is 0 Å². The molecule has 0 aliphatic carbocycles. The zero-order chi connectivity index (χ0) is 19.4. The Labute approximate surface area is 160 Å². The number of rotatable bonds is 6. The van der Waals surface area contributed by atoms with Crippen LogP contribution in [0.2, 0.25) is 0 Å². The number of methoxy groups -OCH3 is 1.